The second-order valence-electron chi connectivity index (χ2n) is 4.38. The number of rotatable bonds is 9. The lowest BCUT2D eigenvalue weighted by molar-refractivity contribution is 0.0953. The molecule has 0 fully saturated rings. The van der Waals surface area contributed by atoms with Gasteiger partial charge in [-0.05, 0) is 44.3 Å². The van der Waals surface area contributed by atoms with Gasteiger partial charge in [-0.15, -0.1) is 19.0 Å². The van der Waals surface area contributed by atoms with Crippen molar-refractivity contribution in [2.24, 2.45) is 0 Å². The van der Waals surface area contributed by atoms with E-state index in [9.17, 15) is 13.2 Å². The minimum absolute atomic E-state index is 0. The third-order valence-electron chi connectivity index (χ3n) is 2.73. The molecular formula is C14H22ClN3O3S. The van der Waals surface area contributed by atoms with Gasteiger partial charge in [-0.1, -0.05) is 6.08 Å². The van der Waals surface area contributed by atoms with Crippen molar-refractivity contribution in [1.29, 1.82) is 0 Å². The van der Waals surface area contributed by atoms with E-state index in [-0.39, 0.29) is 29.8 Å². The fraction of sp³-hybridized carbons (Fsp3) is 0.357. The van der Waals surface area contributed by atoms with E-state index in [4.69, 9.17) is 0 Å². The van der Waals surface area contributed by atoms with Crippen LogP contribution in [0.15, 0.2) is 41.8 Å². The number of hydrogen-bond acceptors (Lipinski definition) is 4. The van der Waals surface area contributed by atoms with Crippen LogP contribution < -0.4 is 15.4 Å². The first kappa shape index (κ1) is 20.6. The van der Waals surface area contributed by atoms with Crippen molar-refractivity contribution >= 4 is 28.3 Å². The van der Waals surface area contributed by atoms with Crippen molar-refractivity contribution in [2.45, 2.75) is 11.3 Å². The summed E-state index contributed by atoms with van der Waals surface area (Å²) in [6, 6.07) is 5.81. The molecule has 1 rings (SSSR count). The lowest BCUT2D eigenvalue weighted by atomic mass is 10.2. The van der Waals surface area contributed by atoms with Gasteiger partial charge in [-0.2, -0.15) is 0 Å². The van der Waals surface area contributed by atoms with Crippen molar-refractivity contribution in [2.75, 3.05) is 26.7 Å². The molecule has 0 aromatic heterocycles. The number of nitrogens with one attached hydrogen (secondary N) is 3. The SMILES string of the molecule is C=CCNS(=O)(=O)c1ccc(C(=O)NCCCNC)cc1.Cl. The van der Waals surface area contributed by atoms with Gasteiger partial charge in [0.1, 0.15) is 0 Å². The fourth-order valence-corrected chi connectivity index (χ4v) is 2.60. The summed E-state index contributed by atoms with van der Waals surface area (Å²) in [6.07, 6.45) is 2.30. The molecule has 1 aromatic carbocycles. The first-order valence-corrected chi connectivity index (χ1v) is 8.13. The first-order chi connectivity index (χ1) is 10.0. The van der Waals surface area contributed by atoms with Gasteiger partial charge in [0.2, 0.25) is 10.0 Å². The Kier molecular flexibility index (Phi) is 9.68. The third-order valence-corrected chi connectivity index (χ3v) is 4.17. The van der Waals surface area contributed by atoms with E-state index in [1.807, 2.05) is 7.05 Å². The van der Waals surface area contributed by atoms with Crippen LogP contribution in [-0.4, -0.2) is 41.0 Å². The molecule has 6 nitrogen and oxygen atoms in total. The zero-order chi connectivity index (χ0) is 15.7. The average molecular weight is 348 g/mol. The molecule has 0 bridgehead atoms. The van der Waals surface area contributed by atoms with E-state index >= 15 is 0 Å². The van der Waals surface area contributed by atoms with Crippen molar-refractivity contribution in [1.82, 2.24) is 15.4 Å². The Labute approximate surface area is 137 Å². The quantitative estimate of drug-likeness (QED) is 0.458. The predicted molar refractivity (Wildman–Crippen MR) is 90.0 cm³/mol. The summed E-state index contributed by atoms with van der Waals surface area (Å²) in [5.41, 5.74) is 0.433. The summed E-state index contributed by atoms with van der Waals surface area (Å²) in [5, 5.41) is 5.76. The van der Waals surface area contributed by atoms with E-state index in [1.165, 1.54) is 30.3 Å². The summed E-state index contributed by atoms with van der Waals surface area (Å²) < 4.78 is 26.1. The predicted octanol–water partition coefficient (Wildman–Crippen LogP) is 0.912. The molecule has 8 heteroatoms. The Morgan fingerprint density at radius 1 is 1.23 bits per heavy atom. The standard InChI is InChI=1S/C14H21N3O3S.ClH/c1-3-9-17-21(19,20)13-7-5-12(6-8-13)14(18)16-11-4-10-15-2;/h3,5-8,15,17H,1,4,9-11H2,2H3,(H,16,18);1H. The van der Waals surface area contributed by atoms with Gasteiger partial charge in [0.05, 0.1) is 4.90 Å². The number of sulfonamides is 1. The van der Waals surface area contributed by atoms with Crippen LogP contribution in [0.1, 0.15) is 16.8 Å². The molecular weight excluding hydrogens is 326 g/mol. The van der Waals surface area contributed by atoms with E-state index in [2.05, 4.69) is 21.9 Å². The molecule has 3 N–H and O–H groups in total. The van der Waals surface area contributed by atoms with Crippen molar-refractivity contribution < 1.29 is 13.2 Å². The highest BCUT2D eigenvalue weighted by molar-refractivity contribution is 7.89. The van der Waals surface area contributed by atoms with Crippen LogP contribution in [-0.2, 0) is 10.0 Å². The van der Waals surface area contributed by atoms with Gasteiger partial charge < -0.3 is 10.6 Å². The molecule has 1 amide bonds. The minimum atomic E-state index is -3.55. The zero-order valence-corrected chi connectivity index (χ0v) is 14.1. The number of benzene rings is 1. The largest absolute Gasteiger partial charge is 0.352 e. The monoisotopic (exact) mass is 347 g/mol. The molecule has 0 aliphatic carbocycles. The molecule has 1 aromatic rings. The maximum atomic E-state index is 11.8. The van der Waals surface area contributed by atoms with Crippen LogP contribution in [0.5, 0.6) is 0 Å². The molecule has 0 spiro atoms. The number of halogens is 1. The first-order valence-electron chi connectivity index (χ1n) is 6.64. The summed E-state index contributed by atoms with van der Waals surface area (Å²) in [7, 11) is -1.70. The smallest absolute Gasteiger partial charge is 0.251 e. The molecule has 0 unspecified atom stereocenters. The van der Waals surface area contributed by atoms with Gasteiger partial charge in [-0.3, -0.25) is 4.79 Å². The average Bonchev–Trinajstić information content (AvgIpc) is 2.49. The molecule has 0 radical (unpaired) electrons. The molecule has 22 heavy (non-hydrogen) atoms. The van der Waals surface area contributed by atoms with Crippen LogP contribution >= 0.6 is 12.4 Å². The Hall–Kier alpha value is -1.41. The van der Waals surface area contributed by atoms with Crippen LogP contribution in [0, 0.1) is 0 Å². The normalized spacial score (nSPS) is 10.6. The second-order valence-corrected chi connectivity index (χ2v) is 6.14. The van der Waals surface area contributed by atoms with Gasteiger partial charge in [0, 0.05) is 18.7 Å². The highest BCUT2D eigenvalue weighted by Gasteiger charge is 2.13. The lowest BCUT2D eigenvalue weighted by Gasteiger charge is -2.07. The van der Waals surface area contributed by atoms with Crippen LogP contribution in [0.2, 0.25) is 0 Å². The van der Waals surface area contributed by atoms with E-state index in [0.717, 1.165) is 13.0 Å². The summed E-state index contributed by atoms with van der Waals surface area (Å²) in [4.78, 5) is 12.0. The summed E-state index contributed by atoms with van der Waals surface area (Å²) >= 11 is 0. The molecule has 0 heterocycles. The highest BCUT2D eigenvalue weighted by Crippen LogP contribution is 2.10. The van der Waals surface area contributed by atoms with E-state index in [0.29, 0.717) is 12.1 Å². The topological polar surface area (TPSA) is 87.3 Å². The van der Waals surface area contributed by atoms with Crippen LogP contribution in [0.3, 0.4) is 0 Å². The maximum Gasteiger partial charge on any atom is 0.251 e. The number of carbonyl (C=O) groups is 1. The molecule has 0 saturated carbocycles. The Balaban J connectivity index is 0.00000441. The highest BCUT2D eigenvalue weighted by atomic mass is 35.5. The number of carbonyl (C=O) groups excluding carboxylic acids is 1. The van der Waals surface area contributed by atoms with E-state index < -0.39 is 10.0 Å². The fourth-order valence-electron chi connectivity index (χ4n) is 1.61. The molecule has 0 aliphatic rings. The van der Waals surface area contributed by atoms with Gasteiger partial charge in [0.25, 0.3) is 5.91 Å². The Morgan fingerprint density at radius 2 is 1.86 bits per heavy atom. The van der Waals surface area contributed by atoms with Crippen molar-refractivity contribution in [3.63, 3.8) is 0 Å². The van der Waals surface area contributed by atoms with E-state index in [1.54, 1.807) is 0 Å². The molecule has 0 aliphatic heterocycles. The zero-order valence-electron chi connectivity index (χ0n) is 12.5. The Morgan fingerprint density at radius 3 is 2.41 bits per heavy atom. The molecule has 0 atom stereocenters. The van der Waals surface area contributed by atoms with Gasteiger partial charge >= 0.3 is 0 Å². The second kappa shape index (κ2) is 10.3. The van der Waals surface area contributed by atoms with Crippen LogP contribution in [0.4, 0.5) is 0 Å². The molecule has 0 saturated heterocycles. The Bertz CT molecular complexity index is 574. The number of hydrogen-bond donors (Lipinski definition) is 3. The number of amides is 1. The summed E-state index contributed by atoms with van der Waals surface area (Å²) in [6.45, 7) is 5.01. The van der Waals surface area contributed by atoms with Gasteiger partial charge in [-0.25, -0.2) is 13.1 Å². The minimum Gasteiger partial charge on any atom is -0.352 e. The maximum absolute atomic E-state index is 11.8. The van der Waals surface area contributed by atoms with Crippen molar-refractivity contribution in [3.8, 4) is 0 Å². The molecule has 124 valence electrons. The summed E-state index contributed by atoms with van der Waals surface area (Å²) in [5.74, 6) is -0.214. The van der Waals surface area contributed by atoms with Gasteiger partial charge in [0.15, 0.2) is 0 Å². The third kappa shape index (κ3) is 6.57. The van der Waals surface area contributed by atoms with Crippen molar-refractivity contribution in [3.05, 3.63) is 42.5 Å². The van der Waals surface area contributed by atoms with Crippen LogP contribution in [0.25, 0.3) is 0 Å². The lowest BCUT2D eigenvalue weighted by Crippen LogP contribution is -2.27.